The van der Waals surface area contributed by atoms with Crippen molar-refractivity contribution in [1.82, 2.24) is 9.88 Å². The molecule has 4 rings (SSSR count). The van der Waals surface area contributed by atoms with Crippen molar-refractivity contribution >= 4 is 39.6 Å². The number of hydrogen-bond acceptors (Lipinski definition) is 5. The van der Waals surface area contributed by atoms with Gasteiger partial charge in [0.05, 0.1) is 18.3 Å². The number of methoxy groups -OCH3 is 1. The van der Waals surface area contributed by atoms with Crippen LogP contribution in [0.5, 0.6) is 5.88 Å². The van der Waals surface area contributed by atoms with Crippen LogP contribution in [0.4, 0.5) is 16.2 Å². The molecule has 1 aliphatic rings. The molecule has 1 saturated heterocycles. The number of aromatic nitrogens is 1. The molecule has 7 heteroatoms. The van der Waals surface area contributed by atoms with E-state index in [9.17, 15) is 4.79 Å². The Hall–Kier alpha value is -2.80. The number of aryl methyl sites for hydroxylation is 1. The standard InChI is InChI=1S/C20H22N4O2S/c1-14-18(7-12-27-14)23-8-10-24(11-9-23)20(25)22-17-13-15-5-3-4-6-16(15)21-19(17)26-2/h3-7,12-13H,8-11H2,1-2H3,(H,22,25). The number of ether oxygens (including phenoxy) is 1. The summed E-state index contributed by atoms with van der Waals surface area (Å²) in [4.78, 5) is 22.7. The van der Waals surface area contributed by atoms with Crippen molar-refractivity contribution in [3.05, 3.63) is 46.7 Å². The highest BCUT2D eigenvalue weighted by Crippen LogP contribution is 2.28. The molecule has 1 aromatic carbocycles. The monoisotopic (exact) mass is 382 g/mol. The van der Waals surface area contributed by atoms with Crippen LogP contribution in [0, 0.1) is 6.92 Å². The quantitative estimate of drug-likeness (QED) is 0.745. The zero-order valence-corrected chi connectivity index (χ0v) is 16.3. The first-order chi connectivity index (χ1) is 13.2. The maximum atomic E-state index is 12.7. The van der Waals surface area contributed by atoms with Crippen LogP contribution in [0.3, 0.4) is 0 Å². The van der Waals surface area contributed by atoms with E-state index in [0.717, 1.165) is 24.0 Å². The first-order valence-electron chi connectivity index (χ1n) is 8.94. The van der Waals surface area contributed by atoms with Gasteiger partial charge in [-0.25, -0.2) is 9.78 Å². The van der Waals surface area contributed by atoms with E-state index in [1.807, 2.05) is 35.2 Å². The lowest BCUT2D eigenvalue weighted by Gasteiger charge is -2.36. The second kappa shape index (κ2) is 7.44. The molecule has 140 valence electrons. The minimum absolute atomic E-state index is 0.118. The van der Waals surface area contributed by atoms with E-state index in [1.54, 1.807) is 18.4 Å². The number of nitrogens with one attached hydrogen (secondary N) is 1. The van der Waals surface area contributed by atoms with Crippen molar-refractivity contribution in [2.75, 3.05) is 43.5 Å². The zero-order chi connectivity index (χ0) is 18.8. The SMILES string of the molecule is COc1nc2ccccc2cc1NC(=O)N1CCN(c2ccsc2C)CC1. The fourth-order valence-corrected chi connectivity index (χ4v) is 4.11. The van der Waals surface area contributed by atoms with E-state index in [-0.39, 0.29) is 6.03 Å². The van der Waals surface area contributed by atoms with Gasteiger partial charge in [0.1, 0.15) is 5.69 Å². The number of carbonyl (C=O) groups excluding carboxylic acids is 1. The highest BCUT2D eigenvalue weighted by molar-refractivity contribution is 7.10. The number of para-hydroxylation sites is 1. The molecular weight excluding hydrogens is 360 g/mol. The van der Waals surface area contributed by atoms with E-state index < -0.39 is 0 Å². The average molecular weight is 382 g/mol. The molecular formula is C20H22N4O2S. The molecule has 1 N–H and O–H groups in total. The van der Waals surface area contributed by atoms with Crippen LogP contribution >= 0.6 is 11.3 Å². The number of thiophene rings is 1. The molecule has 0 unspecified atom stereocenters. The van der Waals surface area contributed by atoms with Crippen molar-refractivity contribution < 1.29 is 9.53 Å². The Labute approximate surface area is 162 Å². The summed E-state index contributed by atoms with van der Waals surface area (Å²) >= 11 is 1.76. The molecule has 27 heavy (non-hydrogen) atoms. The molecule has 0 radical (unpaired) electrons. The third-order valence-corrected chi connectivity index (χ3v) is 5.70. The van der Waals surface area contributed by atoms with Gasteiger partial charge < -0.3 is 19.9 Å². The maximum Gasteiger partial charge on any atom is 0.322 e. The lowest BCUT2D eigenvalue weighted by atomic mass is 10.2. The Balaban J connectivity index is 1.45. The number of urea groups is 1. The van der Waals surface area contributed by atoms with Gasteiger partial charge in [-0.05, 0) is 30.5 Å². The van der Waals surface area contributed by atoms with Gasteiger partial charge in [0.25, 0.3) is 0 Å². The van der Waals surface area contributed by atoms with E-state index in [0.29, 0.717) is 24.7 Å². The minimum atomic E-state index is -0.118. The predicted molar refractivity (Wildman–Crippen MR) is 110 cm³/mol. The first kappa shape index (κ1) is 17.6. The Bertz CT molecular complexity index is 964. The molecule has 2 aromatic heterocycles. The fraction of sp³-hybridized carbons (Fsp3) is 0.300. The van der Waals surface area contributed by atoms with Gasteiger partial charge in [0, 0.05) is 36.4 Å². The van der Waals surface area contributed by atoms with E-state index in [1.165, 1.54) is 10.6 Å². The zero-order valence-electron chi connectivity index (χ0n) is 15.4. The number of anilines is 2. The topological polar surface area (TPSA) is 57.7 Å². The molecule has 0 spiro atoms. The molecule has 1 fully saturated rings. The Morgan fingerprint density at radius 2 is 1.96 bits per heavy atom. The van der Waals surface area contributed by atoms with Crippen LogP contribution in [-0.4, -0.2) is 49.2 Å². The summed E-state index contributed by atoms with van der Waals surface area (Å²) in [5.74, 6) is 0.426. The summed E-state index contributed by atoms with van der Waals surface area (Å²) in [5, 5.41) is 6.05. The number of rotatable bonds is 3. The van der Waals surface area contributed by atoms with Crippen molar-refractivity contribution in [2.45, 2.75) is 6.92 Å². The Morgan fingerprint density at radius 1 is 1.19 bits per heavy atom. The number of nitrogens with zero attached hydrogens (tertiary/aromatic N) is 3. The second-order valence-corrected chi connectivity index (χ2v) is 7.62. The number of benzene rings is 1. The fourth-order valence-electron chi connectivity index (χ4n) is 3.39. The van der Waals surface area contributed by atoms with Crippen molar-refractivity contribution in [3.63, 3.8) is 0 Å². The second-order valence-electron chi connectivity index (χ2n) is 6.50. The van der Waals surface area contributed by atoms with E-state index >= 15 is 0 Å². The molecule has 3 heterocycles. The molecule has 6 nitrogen and oxygen atoms in total. The van der Waals surface area contributed by atoms with Gasteiger partial charge in [0.2, 0.25) is 5.88 Å². The number of amides is 2. The average Bonchev–Trinajstić information content (AvgIpc) is 3.13. The summed E-state index contributed by atoms with van der Waals surface area (Å²) in [6, 6.07) is 11.7. The number of carbonyl (C=O) groups is 1. The Morgan fingerprint density at radius 3 is 2.67 bits per heavy atom. The normalized spacial score (nSPS) is 14.4. The third kappa shape index (κ3) is 3.55. The molecule has 0 atom stereocenters. The van der Waals surface area contributed by atoms with Gasteiger partial charge >= 0.3 is 6.03 Å². The predicted octanol–water partition coefficient (Wildman–Crippen LogP) is 3.97. The van der Waals surface area contributed by atoms with Gasteiger partial charge in [0.15, 0.2) is 0 Å². The van der Waals surface area contributed by atoms with Crippen LogP contribution in [0.1, 0.15) is 4.88 Å². The van der Waals surface area contributed by atoms with E-state index in [2.05, 4.69) is 33.6 Å². The van der Waals surface area contributed by atoms with Crippen molar-refractivity contribution in [3.8, 4) is 5.88 Å². The van der Waals surface area contributed by atoms with Gasteiger partial charge in [-0.15, -0.1) is 11.3 Å². The molecule has 0 bridgehead atoms. The van der Waals surface area contributed by atoms with Crippen molar-refractivity contribution in [2.24, 2.45) is 0 Å². The number of hydrogen-bond donors (Lipinski definition) is 1. The number of piperazine rings is 1. The van der Waals surface area contributed by atoms with Gasteiger partial charge in [-0.3, -0.25) is 0 Å². The summed E-state index contributed by atoms with van der Waals surface area (Å²) in [7, 11) is 1.56. The lowest BCUT2D eigenvalue weighted by Crippen LogP contribution is -2.50. The molecule has 0 aliphatic carbocycles. The third-order valence-electron chi connectivity index (χ3n) is 4.86. The first-order valence-corrected chi connectivity index (χ1v) is 9.82. The van der Waals surface area contributed by atoms with Crippen LogP contribution in [-0.2, 0) is 0 Å². The summed E-state index contributed by atoms with van der Waals surface area (Å²) < 4.78 is 5.37. The van der Waals surface area contributed by atoms with E-state index in [4.69, 9.17) is 4.74 Å². The maximum absolute atomic E-state index is 12.7. The van der Waals surface area contributed by atoms with Crippen molar-refractivity contribution in [1.29, 1.82) is 0 Å². The van der Waals surface area contributed by atoms with Gasteiger partial charge in [-0.2, -0.15) is 0 Å². The summed E-state index contributed by atoms with van der Waals surface area (Å²) in [6.45, 7) is 5.17. The summed E-state index contributed by atoms with van der Waals surface area (Å²) in [5.41, 5.74) is 2.71. The Kier molecular flexibility index (Phi) is 4.85. The van der Waals surface area contributed by atoms with Crippen LogP contribution in [0.25, 0.3) is 10.9 Å². The van der Waals surface area contributed by atoms with Crippen LogP contribution in [0.15, 0.2) is 41.8 Å². The molecule has 3 aromatic rings. The largest absolute Gasteiger partial charge is 0.479 e. The summed E-state index contributed by atoms with van der Waals surface area (Å²) in [6.07, 6.45) is 0. The molecule has 2 amide bonds. The molecule has 1 aliphatic heterocycles. The van der Waals surface area contributed by atoms with Gasteiger partial charge in [-0.1, -0.05) is 18.2 Å². The lowest BCUT2D eigenvalue weighted by molar-refractivity contribution is 0.208. The smallest absolute Gasteiger partial charge is 0.322 e. The minimum Gasteiger partial charge on any atom is -0.479 e. The van der Waals surface area contributed by atoms with Crippen LogP contribution < -0.4 is 15.0 Å². The highest BCUT2D eigenvalue weighted by Gasteiger charge is 2.23. The van der Waals surface area contributed by atoms with Crippen LogP contribution in [0.2, 0.25) is 0 Å². The number of fused-ring (bicyclic) bond motifs is 1. The molecule has 0 saturated carbocycles. The number of pyridine rings is 1. The highest BCUT2D eigenvalue weighted by atomic mass is 32.1.